The first-order chi connectivity index (χ1) is 11.6. The Labute approximate surface area is 137 Å². The largest absolute Gasteiger partial charge is 0.486 e. The van der Waals surface area contributed by atoms with Gasteiger partial charge in [-0.1, -0.05) is 12.1 Å². The third kappa shape index (κ3) is 3.92. The summed E-state index contributed by atoms with van der Waals surface area (Å²) >= 11 is 0. The van der Waals surface area contributed by atoms with Gasteiger partial charge in [0.05, 0.1) is 0 Å². The minimum absolute atomic E-state index is 0.0758. The van der Waals surface area contributed by atoms with Gasteiger partial charge >= 0.3 is 6.61 Å². The van der Waals surface area contributed by atoms with Crippen LogP contribution in [0.3, 0.4) is 0 Å². The molecule has 0 saturated heterocycles. The summed E-state index contributed by atoms with van der Waals surface area (Å²) in [5, 5.41) is 2.76. The Morgan fingerprint density at radius 2 is 1.79 bits per heavy atom. The van der Waals surface area contributed by atoms with E-state index in [1.807, 2.05) is 0 Å². The number of carbonyl (C=O) groups excluding carboxylic acids is 1. The second-order valence-electron chi connectivity index (χ2n) is 5.06. The maximum atomic E-state index is 12.2. The molecule has 1 N–H and O–H groups in total. The SMILES string of the molecule is O=C(NCc1ccc(OC(F)F)cc1)c1ccc2c(c1)OCCO2. The highest BCUT2D eigenvalue weighted by molar-refractivity contribution is 5.94. The highest BCUT2D eigenvalue weighted by Gasteiger charge is 2.14. The topological polar surface area (TPSA) is 56.8 Å². The summed E-state index contributed by atoms with van der Waals surface area (Å²) in [6.07, 6.45) is 0. The number of hydrogen-bond donors (Lipinski definition) is 1. The normalized spacial score (nSPS) is 12.8. The molecular formula is C17H15F2NO4. The minimum Gasteiger partial charge on any atom is -0.486 e. The van der Waals surface area contributed by atoms with Crippen LogP contribution in [0.15, 0.2) is 42.5 Å². The molecule has 0 aromatic heterocycles. The fourth-order valence-electron chi connectivity index (χ4n) is 2.26. The van der Waals surface area contributed by atoms with Crippen LogP contribution in [0, 0.1) is 0 Å². The van der Waals surface area contributed by atoms with E-state index in [4.69, 9.17) is 9.47 Å². The summed E-state index contributed by atoms with van der Waals surface area (Å²) in [5.41, 5.74) is 1.22. The molecule has 0 spiro atoms. The molecule has 5 nitrogen and oxygen atoms in total. The van der Waals surface area contributed by atoms with Crippen LogP contribution in [0.1, 0.15) is 15.9 Å². The molecule has 2 aromatic rings. The van der Waals surface area contributed by atoms with Gasteiger partial charge in [0.2, 0.25) is 0 Å². The van der Waals surface area contributed by atoms with Gasteiger partial charge in [-0.3, -0.25) is 4.79 Å². The molecule has 0 saturated carbocycles. The number of benzene rings is 2. The zero-order valence-electron chi connectivity index (χ0n) is 12.6. The molecule has 0 unspecified atom stereocenters. The van der Waals surface area contributed by atoms with Crippen molar-refractivity contribution in [2.24, 2.45) is 0 Å². The number of nitrogens with one attached hydrogen (secondary N) is 1. The van der Waals surface area contributed by atoms with Crippen LogP contribution in [0.4, 0.5) is 8.78 Å². The second-order valence-corrected chi connectivity index (χ2v) is 5.06. The van der Waals surface area contributed by atoms with Crippen molar-refractivity contribution in [1.82, 2.24) is 5.32 Å². The highest BCUT2D eigenvalue weighted by Crippen LogP contribution is 2.30. The van der Waals surface area contributed by atoms with E-state index in [2.05, 4.69) is 10.1 Å². The lowest BCUT2D eigenvalue weighted by Gasteiger charge is -2.18. The van der Waals surface area contributed by atoms with E-state index in [0.717, 1.165) is 5.56 Å². The Kier molecular flexibility index (Phi) is 4.79. The second kappa shape index (κ2) is 7.16. The summed E-state index contributed by atoms with van der Waals surface area (Å²) in [7, 11) is 0. The number of halogens is 2. The van der Waals surface area contributed by atoms with E-state index in [9.17, 15) is 13.6 Å². The molecule has 0 aliphatic carbocycles. The third-order valence-corrected chi connectivity index (χ3v) is 3.41. The maximum Gasteiger partial charge on any atom is 0.387 e. The smallest absolute Gasteiger partial charge is 0.387 e. The van der Waals surface area contributed by atoms with Crippen molar-refractivity contribution in [2.75, 3.05) is 13.2 Å². The number of rotatable bonds is 5. The van der Waals surface area contributed by atoms with Crippen molar-refractivity contribution in [3.63, 3.8) is 0 Å². The minimum atomic E-state index is -2.86. The monoisotopic (exact) mass is 335 g/mol. The zero-order chi connectivity index (χ0) is 16.9. The molecule has 2 aromatic carbocycles. The lowest BCUT2D eigenvalue weighted by molar-refractivity contribution is -0.0498. The van der Waals surface area contributed by atoms with Gasteiger partial charge in [-0.25, -0.2) is 0 Å². The fraction of sp³-hybridized carbons (Fsp3) is 0.235. The summed E-state index contributed by atoms with van der Waals surface area (Å²) < 4.78 is 39.3. The molecule has 0 fully saturated rings. The Balaban J connectivity index is 1.59. The summed E-state index contributed by atoms with van der Waals surface area (Å²) in [5.74, 6) is 0.974. The molecule has 1 aliphatic rings. The standard InChI is InChI=1S/C17H15F2NO4/c18-17(19)24-13-4-1-11(2-5-13)10-20-16(21)12-3-6-14-15(9-12)23-8-7-22-14/h1-6,9,17H,7-8,10H2,(H,20,21). The van der Waals surface area contributed by atoms with Gasteiger partial charge in [0.25, 0.3) is 5.91 Å². The number of carbonyl (C=O) groups is 1. The first-order valence-corrected chi connectivity index (χ1v) is 7.33. The van der Waals surface area contributed by atoms with Crippen molar-refractivity contribution in [3.8, 4) is 17.2 Å². The van der Waals surface area contributed by atoms with E-state index in [0.29, 0.717) is 30.3 Å². The van der Waals surface area contributed by atoms with Crippen LogP contribution < -0.4 is 19.5 Å². The van der Waals surface area contributed by atoms with Crippen LogP contribution in [0.2, 0.25) is 0 Å². The molecule has 126 valence electrons. The Morgan fingerprint density at radius 3 is 2.50 bits per heavy atom. The molecular weight excluding hydrogens is 320 g/mol. The quantitative estimate of drug-likeness (QED) is 0.913. The van der Waals surface area contributed by atoms with Crippen LogP contribution in [-0.4, -0.2) is 25.7 Å². The van der Waals surface area contributed by atoms with Gasteiger partial charge < -0.3 is 19.5 Å². The first-order valence-electron chi connectivity index (χ1n) is 7.33. The lowest BCUT2D eigenvalue weighted by atomic mass is 10.1. The number of amides is 1. The molecule has 0 radical (unpaired) electrons. The Morgan fingerprint density at radius 1 is 1.08 bits per heavy atom. The molecule has 0 atom stereocenters. The van der Waals surface area contributed by atoms with Crippen molar-refractivity contribution in [3.05, 3.63) is 53.6 Å². The summed E-state index contributed by atoms with van der Waals surface area (Å²) in [6.45, 7) is -1.65. The van der Waals surface area contributed by atoms with E-state index in [-0.39, 0.29) is 18.2 Å². The maximum absolute atomic E-state index is 12.2. The van der Waals surface area contributed by atoms with E-state index in [1.165, 1.54) is 12.1 Å². The Bertz CT molecular complexity index is 719. The van der Waals surface area contributed by atoms with Crippen LogP contribution in [0.25, 0.3) is 0 Å². The zero-order valence-corrected chi connectivity index (χ0v) is 12.6. The number of ether oxygens (including phenoxy) is 3. The van der Waals surface area contributed by atoms with Gasteiger partial charge in [-0.05, 0) is 35.9 Å². The number of fused-ring (bicyclic) bond motifs is 1. The molecule has 0 bridgehead atoms. The molecule has 1 aliphatic heterocycles. The molecule has 3 rings (SSSR count). The van der Waals surface area contributed by atoms with Crippen molar-refractivity contribution in [2.45, 2.75) is 13.2 Å². The van der Waals surface area contributed by atoms with Gasteiger partial charge in [0, 0.05) is 12.1 Å². The summed E-state index contributed by atoms with van der Waals surface area (Å²) in [4.78, 5) is 12.2. The average molecular weight is 335 g/mol. The van der Waals surface area contributed by atoms with Crippen molar-refractivity contribution >= 4 is 5.91 Å². The lowest BCUT2D eigenvalue weighted by Crippen LogP contribution is -2.23. The van der Waals surface area contributed by atoms with E-state index >= 15 is 0 Å². The van der Waals surface area contributed by atoms with Gasteiger partial charge in [-0.15, -0.1) is 0 Å². The first kappa shape index (κ1) is 16.0. The Hall–Kier alpha value is -2.83. The molecule has 24 heavy (non-hydrogen) atoms. The highest BCUT2D eigenvalue weighted by atomic mass is 19.3. The van der Waals surface area contributed by atoms with E-state index < -0.39 is 6.61 Å². The third-order valence-electron chi connectivity index (χ3n) is 3.41. The number of alkyl halides is 2. The van der Waals surface area contributed by atoms with Crippen molar-refractivity contribution in [1.29, 1.82) is 0 Å². The van der Waals surface area contributed by atoms with Crippen molar-refractivity contribution < 1.29 is 27.8 Å². The van der Waals surface area contributed by atoms with Gasteiger partial charge in [-0.2, -0.15) is 8.78 Å². The van der Waals surface area contributed by atoms with Gasteiger partial charge in [0.1, 0.15) is 19.0 Å². The molecule has 1 amide bonds. The summed E-state index contributed by atoms with van der Waals surface area (Å²) in [6, 6.07) is 11.1. The fourth-order valence-corrected chi connectivity index (χ4v) is 2.26. The predicted molar refractivity (Wildman–Crippen MR) is 81.7 cm³/mol. The van der Waals surface area contributed by atoms with Gasteiger partial charge in [0.15, 0.2) is 11.5 Å². The number of hydrogen-bond acceptors (Lipinski definition) is 4. The average Bonchev–Trinajstić information content (AvgIpc) is 2.60. The van der Waals surface area contributed by atoms with E-state index in [1.54, 1.807) is 30.3 Å². The molecule has 7 heteroatoms. The predicted octanol–water partition coefficient (Wildman–Crippen LogP) is 2.99. The van der Waals surface area contributed by atoms with Crippen LogP contribution >= 0.6 is 0 Å². The van der Waals surface area contributed by atoms with Crippen LogP contribution in [0.5, 0.6) is 17.2 Å². The molecule has 1 heterocycles. The van der Waals surface area contributed by atoms with Crippen LogP contribution in [-0.2, 0) is 6.54 Å².